The smallest absolute Gasteiger partial charge is 0.0400 e. The molecule has 0 saturated heterocycles. The topological polar surface area (TPSA) is 26.0 Å². The van der Waals surface area contributed by atoms with Crippen LogP contribution in [0.15, 0.2) is 78.9 Å². The molecule has 0 radical (unpaired) electrons. The summed E-state index contributed by atoms with van der Waals surface area (Å²) < 4.78 is 0. The summed E-state index contributed by atoms with van der Waals surface area (Å²) in [5, 5.41) is 12.8. The van der Waals surface area contributed by atoms with Crippen LogP contribution in [0.1, 0.15) is 0 Å². The zero-order chi connectivity index (χ0) is 16.5. The number of nitrogens with two attached hydrogens (primary N) is 1. The molecule has 0 heterocycles. The van der Waals surface area contributed by atoms with E-state index in [9.17, 15) is 0 Å². The van der Waals surface area contributed by atoms with Crippen LogP contribution in [-0.2, 0) is 0 Å². The van der Waals surface area contributed by atoms with Gasteiger partial charge in [0.2, 0.25) is 0 Å². The van der Waals surface area contributed by atoms with E-state index in [1.54, 1.807) is 0 Å². The monoisotopic (exact) mass is 317 g/mol. The molecular weight excluding hydrogens is 302 g/mol. The molecule has 1 heteroatoms. The second-order valence-corrected chi connectivity index (χ2v) is 6.81. The van der Waals surface area contributed by atoms with E-state index in [4.69, 9.17) is 5.73 Å². The quantitative estimate of drug-likeness (QED) is 0.194. The number of hydrogen-bond acceptors (Lipinski definition) is 1. The van der Waals surface area contributed by atoms with E-state index in [1.165, 1.54) is 53.9 Å². The summed E-state index contributed by atoms with van der Waals surface area (Å²) in [6.45, 7) is 0. The summed E-state index contributed by atoms with van der Waals surface area (Å²) in [4.78, 5) is 0. The second kappa shape index (κ2) is 4.40. The van der Waals surface area contributed by atoms with E-state index in [0.717, 1.165) is 5.69 Å². The van der Waals surface area contributed by atoms with E-state index < -0.39 is 0 Å². The van der Waals surface area contributed by atoms with Gasteiger partial charge in [0.1, 0.15) is 0 Å². The normalized spacial score (nSPS) is 12.2. The van der Waals surface area contributed by atoms with Gasteiger partial charge in [-0.2, -0.15) is 0 Å². The molecule has 6 aromatic rings. The lowest BCUT2D eigenvalue weighted by molar-refractivity contribution is 1.77. The fourth-order valence-electron chi connectivity index (χ4n) is 4.50. The molecule has 116 valence electrons. The third kappa shape index (κ3) is 1.53. The fraction of sp³-hybridized carbons (Fsp3) is 0. The Bertz CT molecular complexity index is 1440. The lowest BCUT2D eigenvalue weighted by Crippen LogP contribution is -1.92. The first-order valence-electron chi connectivity index (χ1n) is 8.59. The van der Waals surface area contributed by atoms with Crippen molar-refractivity contribution in [3.8, 4) is 0 Å². The highest BCUT2D eigenvalue weighted by Gasteiger charge is 2.16. The Morgan fingerprint density at radius 2 is 1.12 bits per heavy atom. The highest BCUT2D eigenvalue weighted by Crippen LogP contribution is 2.45. The molecular formula is C24H15N. The van der Waals surface area contributed by atoms with Gasteiger partial charge in [-0.15, -0.1) is 0 Å². The predicted octanol–water partition coefficient (Wildman–Crippen LogP) is 6.47. The van der Waals surface area contributed by atoms with Crippen LogP contribution >= 0.6 is 0 Å². The summed E-state index contributed by atoms with van der Waals surface area (Å²) in [7, 11) is 0. The number of hydrogen-bond donors (Lipinski definition) is 1. The molecule has 6 aromatic carbocycles. The fourth-order valence-corrected chi connectivity index (χ4v) is 4.50. The predicted molar refractivity (Wildman–Crippen MR) is 110 cm³/mol. The van der Waals surface area contributed by atoms with Crippen molar-refractivity contribution in [1.82, 2.24) is 0 Å². The molecule has 0 spiro atoms. The van der Waals surface area contributed by atoms with Crippen molar-refractivity contribution in [1.29, 1.82) is 0 Å². The number of nitrogen functional groups attached to an aromatic ring is 1. The molecule has 0 aliphatic carbocycles. The molecule has 0 atom stereocenters. The van der Waals surface area contributed by atoms with Crippen molar-refractivity contribution < 1.29 is 0 Å². The maximum atomic E-state index is 6.49. The van der Waals surface area contributed by atoms with Crippen molar-refractivity contribution in [3.63, 3.8) is 0 Å². The molecule has 0 aromatic heterocycles. The van der Waals surface area contributed by atoms with Gasteiger partial charge in [-0.05, 0) is 55.2 Å². The van der Waals surface area contributed by atoms with E-state index in [-0.39, 0.29) is 0 Å². The Morgan fingerprint density at radius 1 is 0.440 bits per heavy atom. The Balaban J connectivity index is 2.16. The van der Waals surface area contributed by atoms with Crippen LogP contribution in [-0.4, -0.2) is 0 Å². The van der Waals surface area contributed by atoms with Crippen LogP contribution in [0.5, 0.6) is 0 Å². The summed E-state index contributed by atoms with van der Waals surface area (Å²) in [6.07, 6.45) is 0. The van der Waals surface area contributed by atoms with Gasteiger partial charge >= 0.3 is 0 Å². The molecule has 0 saturated carbocycles. The Kier molecular flexibility index (Phi) is 2.29. The minimum atomic E-state index is 0.849. The third-order valence-corrected chi connectivity index (χ3v) is 5.51. The minimum absolute atomic E-state index is 0.849. The van der Waals surface area contributed by atoms with Crippen LogP contribution in [0, 0.1) is 0 Å². The standard InChI is InChI=1S/C24H15N/c25-20-10-4-9-19-18-8-3-6-14-11-12-16-13-15-5-1-2-7-17(15)24(23(19)20)22(16)21(14)18/h1-13H,25H2. The number of benzene rings is 6. The Hall–Kier alpha value is -3.32. The van der Waals surface area contributed by atoms with Crippen LogP contribution in [0.2, 0.25) is 0 Å². The van der Waals surface area contributed by atoms with Crippen LogP contribution in [0.3, 0.4) is 0 Å². The largest absolute Gasteiger partial charge is 0.398 e. The maximum absolute atomic E-state index is 6.49. The van der Waals surface area contributed by atoms with Gasteiger partial charge in [-0.25, -0.2) is 0 Å². The molecule has 6 rings (SSSR count). The van der Waals surface area contributed by atoms with Gasteiger partial charge in [0, 0.05) is 16.5 Å². The van der Waals surface area contributed by atoms with Gasteiger partial charge < -0.3 is 5.73 Å². The lowest BCUT2D eigenvalue weighted by Gasteiger charge is -2.17. The van der Waals surface area contributed by atoms with Gasteiger partial charge in [0.05, 0.1) is 0 Å². The van der Waals surface area contributed by atoms with Crippen molar-refractivity contribution >= 4 is 59.5 Å². The van der Waals surface area contributed by atoms with Crippen LogP contribution in [0.25, 0.3) is 53.9 Å². The summed E-state index contributed by atoms with van der Waals surface area (Å²) in [5.74, 6) is 0. The van der Waals surface area contributed by atoms with Gasteiger partial charge in [0.25, 0.3) is 0 Å². The molecule has 25 heavy (non-hydrogen) atoms. The molecule has 2 N–H and O–H groups in total. The molecule has 0 aliphatic heterocycles. The van der Waals surface area contributed by atoms with Crippen molar-refractivity contribution in [2.75, 3.05) is 5.73 Å². The van der Waals surface area contributed by atoms with Crippen molar-refractivity contribution in [2.45, 2.75) is 0 Å². The van der Waals surface area contributed by atoms with Crippen molar-refractivity contribution in [3.05, 3.63) is 78.9 Å². The van der Waals surface area contributed by atoms with Gasteiger partial charge in [-0.1, -0.05) is 66.7 Å². The molecule has 1 nitrogen and oxygen atoms in total. The number of rotatable bonds is 0. The Labute approximate surface area is 144 Å². The second-order valence-electron chi connectivity index (χ2n) is 6.81. The SMILES string of the molecule is Nc1cccc2c3cccc4ccc5cc6ccccc6c(c12)c5c43. The van der Waals surface area contributed by atoms with Crippen LogP contribution in [0.4, 0.5) is 5.69 Å². The summed E-state index contributed by atoms with van der Waals surface area (Å²) in [5.41, 5.74) is 7.34. The molecule has 0 fully saturated rings. The van der Waals surface area contributed by atoms with E-state index in [1.807, 2.05) is 6.07 Å². The summed E-state index contributed by atoms with van der Waals surface area (Å²) >= 11 is 0. The zero-order valence-electron chi connectivity index (χ0n) is 13.6. The highest BCUT2D eigenvalue weighted by atomic mass is 14.6. The van der Waals surface area contributed by atoms with E-state index in [2.05, 4.69) is 72.8 Å². The van der Waals surface area contributed by atoms with Crippen molar-refractivity contribution in [2.24, 2.45) is 0 Å². The molecule has 0 amide bonds. The number of fused-ring (bicyclic) bond motifs is 5. The first-order valence-corrected chi connectivity index (χ1v) is 8.59. The van der Waals surface area contributed by atoms with E-state index >= 15 is 0 Å². The first-order chi connectivity index (χ1) is 12.3. The number of anilines is 1. The van der Waals surface area contributed by atoms with Gasteiger partial charge in [-0.3, -0.25) is 0 Å². The van der Waals surface area contributed by atoms with Gasteiger partial charge in [0.15, 0.2) is 0 Å². The maximum Gasteiger partial charge on any atom is 0.0400 e. The average molecular weight is 317 g/mol. The summed E-state index contributed by atoms with van der Waals surface area (Å²) in [6, 6.07) is 28.2. The third-order valence-electron chi connectivity index (χ3n) is 5.51. The molecule has 0 unspecified atom stereocenters. The molecule has 0 aliphatic rings. The highest BCUT2D eigenvalue weighted by molar-refractivity contribution is 6.40. The average Bonchev–Trinajstić information content (AvgIpc) is 2.66. The first kappa shape index (κ1) is 13.0. The van der Waals surface area contributed by atoms with Crippen LogP contribution < -0.4 is 5.73 Å². The Morgan fingerprint density at radius 3 is 2.04 bits per heavy atom. The zero-order valence-corrected chi connectivity index (χ0v) is 13.6. The minimum Gasteiger partial charge on any atom is -0.398 e. The lowest BCUT2D eigenvalue weighted by atomic mass is 9.86. The molecule has 0 bridgehead atoms. The van der Waals surface area contributed by atoms with E-state index in [0.29, 0.717) is 0 Å².